The molecule has 3 N–H and O–H groups in total. The molecule has 11 heteroatoms. The highest BCUT2D eigenvalue weighted by atomic mass is 35.5. The molecule has 0 aliphatic rings. The summed E-state index contributed by atoms with van der Waals surface area (Å²) in [5.74, 6) is 0. The Morgan fingerprint density at radius 2 is 1.27 bits per heavy atom. The van der Waals surface area contributed by atoms with Gasteiger partial charge in [-0.2, -0.15) is 8.42 Å². The Bertz CT molecular complexity index is 161. The highest BCUT2D eigenvalue weighted by Crippen LogP contribution is 1.59. The molecule has 0 heterocycles. The Labute approximate surface area is 66.3 Å². The van der Waals surface area contributed by atoms with E-state index in [1.165, 1.54) is 0 Å². The highest BCUT2D eigenvalue weighted by Gasteiger charge is 1.84. The molecule has 0 amide bonds. The average molecular weight is 218 g/mol. The predicted molar refractivity (Wildman–Crippen MR) is 32.7 cm³/mol. The SMILES string of the molecule is Cl.F.O=S(=O)(O)O.O=[N+]([O-])O. The van der Waals surface area contributed by atoms with Crippen LogP contribution in [0.1, 0.15) is 0 Å². The fraction of sp³-hybridized carbons (Fsp3) is 0. The van der Waals surface area contributed by atoms with Crippen LogP contribution in [-0.4, -0.2) is 27.8 Å². The number of hydrogen-bond acceptors (Lipinski definition) is 4. The molecule has 0 saturated carbocycles. The van der Waals surface area contributed by atoms with E-state index in [-0.39, 0.29) is 17.1 Å². The minimum absolute atomic E-state index is 0. The van der Waals surface area contributed by atoms with Gasteiger partial charge in [0, 0.05) is 0 Å². The lowest BCUT2D eigenvalue weighted by Gasteiger charge is -1.68. The van der Waals surface area contributed by atoms with Crippen LogP contribution in [0, 0.1) is 10.1 Å². The summed E-state index contributed by atoms with van der Waals surface area (Å²) in [5, 5.41) is 13.6. The number of nitrogens with zero attached hydrogens (tertiary/aromatic N) is 1. The number of halogens is 2. The van der Waals surface area contributed by atoms with Crippen molar-refractivity contribution in [1.29, 1.82) is 0 Å². The molecule has 0 aliphatic carbocycles. The van der Waals surface area contributed by atoms with Gasteiger partial charge < -0.3 is 5.21 Å². The molecule has 0 aliphatic heterocycles. The van der Waals surface area contributed by atoms with Crippen LogP contribution in [0.3, 0.4) is 0 Å². The fourth-order valence-corrected chi connectivity index (χ4v) is 0. The monoisotopic (exact) mass is 217 g/mol. The van der Waals surface area contributed by atoms with Crippen molar-refractivity contribution in [2.24, 2.45) is 0 Å². The zero-order valence-corrected chi connectivity index (χ0v) is 6.28. The van der Waals surface area contributed by atoms with Gasteiger partial charge in [0.1, 0.15) is 0 Å². The van der Waals surface area contributed by atoms with E-state index in [2.05, 4.69) is 0 Å². The third-order valence-electron chi connectivity index (χ3n) is 0. The van der Waals surface area contributed by atoms with Crippen LogP contribution >= 0.6 is 12.4 Å². The third-order valence-corrected chi connectivity index (χ3v) is 0. The van der Waals surface area contributed by atoms with Crippen LogP contribution in [0.25, 0.3) is 0 Å². The molecule has 8 nitrogen and oxygen atoms in total. The molecule has 0 aromatic carbocycles. The first-order valence-corrected chi connectivity index (χ1v) is 2.66. The molecular weight excluding hydrogens is 213 g/mol. The van der Waals surface area contributed by atoms with Crippen molar-refractivity contribution >= 4 is 22.8 Å². The maximum Gasteiger partial charge on any atom is 0.394 e. The quantitative estimate of drug-likeness (QED) is 0.284. The second-order valence-corrected chi connectivity index (χ2v) is 1.58. The molecule has 0 fully saturated rings. The molecule has 0 rings (SSSR count). The maximum absolute atomic E-state index is 8.74. The van der Waals surface area contributed by atoms with Crippen LogP contribution in [0.2, 0.25) is 0 Å². The van der Waals surface area contributed by atoms with Crippen LogP contribution in [0.4, 0.5) is 4.70 Å². The zero-order chi connectivity index (χ0) is 8.08. The molecule has 0 aromatic heterocycles. The summed E-state index contributed by atoms with van der Waals surface area (Å²) >= 11 is 0. The van der Waals surface area contributed by atoms with Crippen LogP contribution in [0.5, 0.6) is 0 Å². The van der Waals surface area contributed by atoms with Gasteiger partial charge in [-0.1, -0.05) is 0 Å². The van der Waals surface area contributed by atoms with Gasteiger partial charge in [-0.3, -0.25) is 13.8 Å². The van der Waals surface area contributed by atoms with Gasteiger partial charge in [0.15, 0.2) is 0 Å². The molecular formula is H5ClFNO7S. The van der Waals surface area contributed by atoms with Crippen molar-refractivity contribution in [2.75, 3.05) is 0 Å². The molecule has 0 saturated heterocycles. The minimum atomic E-state index is -4.67. The summed E-state index contributed by atoms with van der Waals surface area (Å²) in [6.45, 7) is 0. The molecule has 11 heavy (non-hydrogen) atoms. The van der Waals surface area contributed by atoms with E-state index in [1.54, 1.807) is 0 Å². The van der Waals surface area contributed by atoms with E-state index >= 15 is 0 Å². The van der Waals surface area contributed by atoms with Crippen LogP contribution < -0.4 is 0 Å². The maximum atomic E-state index is 8.74. The topological polar surface area (TPSA) is 138 Å². The summed E-state index contributed by atoms with van der Waals surface area (Å²) < 4.78 is 31.6. The standard InChI is InChI=1S/ClH.FH.HNO3.H2O4S/c;;2-1(3)4;1-5(2,3)4/h2*1H;(H,2,3,4);(H2,1,2,3,4). The van der Waals surface area contributed by atoms with Gasteiger partial charge in [0.05, 0.1) is 0 Å². The Morgan fingerprint density at radius 1 is 1.27 bits per heavy atom. The Balaban J connectivity index is -0.0000000383. The fourth-order valence-electron chi connectivity index (χ4n) is 0. The molecule has 0 spiro atoms. The van der Waals surface area contributed by atoms with Crippen LogP contribution in [-0.2, 0) is 10.4 Å². The predicted octanol–water partition coefficient (Wildman–Crippen LogP) is -0.426. The lowest BCUT2D eigenvalue weighted by Crippen LogP contribution is -1.89. The van der Waals surface area contributed by atoms with Crippen molar-refractivity contribution in [3.63, 3.8) is 0 Å². The molecule has 0 atom stereocenters. The van der Waals surface area contributed by atoms with E-state index in [0.717, 1.165) is 0 Å². The van der Waals surface area contributed by atoms with Gasteiger partial charge >= 0.3 is 10.4 Å². The first kappa shape index (κ1) is 22.4. The van der Waals surface area contributed by atoms with Gasteiger partial charge in [-0.15, -0.1) is 22.5 Å². The van der Waals surface area contributed by atoms with E-state index in [1.807, 2.05) is 0 Å². The Kier molecular flexibility index (Phi) is 19.0. The van der Waals surface area contributed by atoms with Gasteiger partial charge in [-0.25, -0.2) is 0 Å². The van der Waals surface area contributed by atoms with Crippen molar-refractivity contribution in [1.82, 2.24) is 0 Å². The molecule has 72 valence electrons. The van der Waals surface area contributed by atoms with Crippen molar-refractivity contribution < 1.29 is 32.5 Å². The molecule has 0 unspecified atom stereocenters. The molecule has 0 bridgehead atoms. The molecule has 0 aromatic rings. The summed E-state index contributed by atoms with van der Waals surface area (Å²) in [6, 6.07) is 0. The average Bonchev–Trinajstić information content (AvgIpc) is 1.19. The summed E-state index contributed by atoms with van der Waals surface area (Å²) in [5.41, 5.74) is 0. The second kappa shape index (κ2) is 9.29. The Morgan fingerprint density at radius 3 is 1.27 bits per heavy atom. The highest BCUT2D eigenvalue weighted by molar-refractivity contribution is 7.79. The van der Waals surface area contributed by atoms with Crippen molar-refractivity contribution in [2.45, 2.75) is 0 Å². The zero-order valence-electron chi connectivity index (χ0n) is 4.65. The van der Waals surface area contributed by atoms with Crippen LogP contribution in [0.15, 0.2) is 0 Å². The summed E-state index contributed by atoms with van der Waals surface area (Å²) in [6.07, 6.45) is 0. The lowest BCUT2D eigenvalue weighted by atomic mass is 13.1. The first-order valence-electron chi connectivity index (χ1n) is 1.26. The van der Waals surface area contributed by atoms with E-state index in [0.29, 0.717) is 0 Å². The van der Waals surface area contributed by atoms with Gasteiger partial charge in [0.25, 0.3) is 5.09 Å². The second-order valence-electron chi connectivity index (χ2n) is 0.686. The normalized spacial score (nSPS) is 7.45. The third kappa shape index (κ3) is 979. The summed E-state index contributed by atoms with van der Waals surface area (Å²) in [4.78, 5) is 8.36. The largest absolute Gasteiger partial charge is 0.394 e. The van der Waals surface area contributed by atoms with Gasteiger partial charge in [-0.05, 0) is 0 Å². The lowest BCUT2D eigenvalue weighted by molar-refractivity contribution is -0.742. The van der Waals surface area contributed by atoms with Gasteiger partial charge in [0.2, 0.25) is 0 Å². The minimum Gasteiger partial charge on any atom is -0.328 e. The van der Waals surface area contributed by atoms with E-state index < -0.39 is 15.5 Å². The van der Waals surface area contributed by atoms with E-state index in [4.69, 9.17) is 32.8 Å². The molecule has 0 radical (unpaired) electrons. The van der Waals surface area contributed by atoms with E-state index in [9.17, 15) is 0 Å². The number of hydrogen-bond donors (Lipinski definition) is 3. The summed E-state index contributed by atoms with van der Waals surface area (Å²) in [7, 11) is -4.67. The number of rotatable bonds is 0. The Hall–Kier alpha value is -0.710. The smallest absolute Gasteiger partial charge is 0.328 e. The first-order chi connectivity index (χ1) is 3.73. The van der Waals surface area contributed by atoms with Crippen molar-refractivity contribution in [3.8, 4) is 0 Å². The van der Waals surface area contributed by atoms with Crippen molar-refractivity contribution in [3.05, 3.63) is 10.1 Å².